The van der Waals surface area contributed by atoms with Crippen LogP contribution < -0.4 is 4.74 Å². The second kappa shape index (κ2) is 8.59. The Morgan fingerprint density at radius 1 is 0.885 bits per heavy atom. The van der Waals surface area contributed by atoms with Crippen molar-refractivity contribution in [3.05, 3.63) is 29.8 Å². The summed E-state index contributed by atoms with van der Waals surface area (Å²) in [4.78, 5) is 12.0. The summed E-state index contributed by atoms with van der Waals surface area (Å²) in [6.45, 7) is 4.51. The number of carbonyl (C=O) groups excluding carboxylic acids is 1. The van der Waals surface area contributed by atoms with Crippen molar-refractivity contribution >= 4 is 5.97 Å². The molecule has 0 aromatic heterocycles. The molecule has 3 aliphatic carbocycles. The Labute approximate surface area is 159 Å². The molecule has 3 fully saturated rings. The lowest BCUT2D eigenvalue weighted by Gasteiger charge is -2.54. The number of fused-ring (bicyclic) bond motifs is 3. The van der Waals surface area contributed by atoms with Gasteiger partial charge in [-0.05, 0) is 79.9 Å². The number of carbonyl (C=O) groups is 1. The van der Waals surface area contributed by atoms with Gasteiger partial charge in [-0.2, -0.15) is 0 Å². The van der Waals surface area contributed by atoms with E-state index in [4.69, 9.17) is 4.74 Å². The van der Waals surface area contributed by atoms with Crippen LogP contribution in [0.15, 0.2) is 24.3 Å². The fourth-order valence-electron chi connectivity index (χ4n) is 5.36. The van der Waals surface area contributed by atoms with Crippen LogP contribution in [0.3, 0.4) is 0 Å². The lowest BCUT2D eigenvalue weighted by atomic mass is 9.51. The maximum absolute atomic E-state index is 12.0. The standard InChI is InChI=1S/C24H36O2/c1-3-5-6-7-8-22(25)26-21-11-9-20(10-12-21)24-17-14-23(13-4-2,15-18-24)16-19-24/h9-12H,3-8,13-19H2,1-2H3. The minimum atomic E-state index is -0.0910. The third-order valence-corrected chi connectivity index (χ3v) is 7.11. The van der Waals surface area contributed by atoms with Gasteiger partial charge < -0.3 is 4.74 Å². The van der Waals surface area contributed by atoms with E-state index in [0.29, 0.717) is 23.0 Å². The lowest BCUT2D eigenvalue weighted by molar-refractivity contribution is -0.134. The Hall–Kier alpha value is -1.31. The molecular weight excluding hydrogens is 320 g/mol. The maximum atomic E-state index is 12.0. The van der Waals surface area contributed by atoms with Gasteiger partial charge in [0.25, 0.3) is 0 Å². The Balaban J connectivity index is 1.54. The zero-order chi connectivity index (χ0) is 18.5. The van der Waals surface area contributed by atoms with Crippen LogP contribution in [-0.2, 0) is 10.2 Å². The highest BCUT2D eigenvalue weighted by atomic mass is 16.5. The predicted molar refractivity (Wildman–Crippen MR) is 108 cm³/mol. The topological polar surface area (TPSA) is 26.3 Å². The van der Waals surface area contributed by atoms with E-state index in [9.17, 15) is 4.79 Å². The van der Waals surface area contributed by atoms with Gasteiger partial charge in [-0.1, -0.05) is 51.7 Å². The summed E-state index contributed by atoms with van der Waals surface area (Å²) in [6, 6.07) is 8.46. The second-order valence-electron chi connectivity index (χ2n) is 8.84. The maximum Gasteiger partial charge on any atom is 0.311 e. The number of benzene rings is 1. The normalized spacial score (nSPS) is 27.5. The summed E-state index contributed by atoms with van der Waals surface area (Å²) in [5, 5.41) is 0. The first-order valence-corrected chi connectivity index (χ1v) is 10.9. The van der Waals surface area contributed by atoms with Crippen molar-refractivity contribution in [3.63, 3.8) is 0 Å². The summed E-state index contributed by atoms with van der Waals surface area (Å²) < 4.78 is 5.52. The number of hydrogen-bond donors (Lipinski definition) is 0. The van der Waals surface area contributed by atoms with E-state index in [0.717, 1.165) is 12.8 Å². The Bertz CT molecular complexity index is 562. The molecule has 0 amide bonds. The second-order valence-corrected chi connectivity index (χ2v) is 8.84. The molecule has 144 valence electrons. The Morgan fingerprint density at radius 2 is 1.54 bits per heavy atom. The Kier molecular flexibility index (Phi) is 6.42. The van der Waals surface area contributed by atoms with Crippen LogP contribution in [-0.4, -0.2) is 5.97 Å². The van der Waals surface area contributed by atoms with Crippen LogP contribution >= 0.6 is 0 Å². The molecule has 0 spiro atoms. The quantitative estimate of drug-likeness (QED) is 0.272. The van der Waals surface area contributed by atoms with Gasteiger partial charge in [0.15, 0.2) is 0 Å². The third kappa shape index (κ3) is 4.32. The molecular formula is C24H36O2. The molecule has 0 radical (unpaired) electrons. The van der Waals surface area contributed by atoms with Gasteiger partial charge in [0, 0.05) is 6.42 Å². The zero-order valence-electron chi connectivity index (χ0n) is 16.8. The lowest BCUT2D eigenvalue weighted by Crippen LogP contribution is -2.44. The molecule has 2 heteroatoms. The number of esters is 1. The van der Waals surface area contributed by atoms with E-state index in [-0.39, 0.29) is 5.97 Å². The minimum absolute atomic E-state index is 0.0910. The monoisotopic (exact) mass is 356 g/mol. The molecule has 26 heavy (non-hydrogen) atoms. The number of ether oxygens (including phenoxy) is 1. The average molecular weight is 357 g/mol. The molecule has 0 saturated heterocycles. The smallest absolute Gasteiger partial charge is 0.311 e. The zero-order valence-corrected chi connectivity index (χ0v) is 16.8. The predicted octanol–water partition coefficient (Wildman–Crippen LogP) is 6.95. The highest BCUT2D eigenvalue weighted by molar-refractivity contribution is 5.72. The van der Waals surface area contributed by atoms with Gasteiger partial charge in [0.2, 0.25) is 0 Å². The van der Waals surface area contributed by atoms with Gasteiger partial charge in [-0.3, -0.25) is 4.79 Å². The highest BCUT2D eigenvalue weighted by Gasteiger charge is 2.48. The van der Waals surface area contributed by atoms with E-state index >= 15 is 0 Å². The van der Waals surface area contributed by atoms with E-state index in [1.165, 1.54) is 69.8 Å². The van der Waals surface area contributed by atoms with E-state index in [1.54, 1.807) is 0 Å². The highest BCUT2D eigenvalue weighted by Crippen LogP contribution is 2.59. The van der Waals surface area contributed by atoms with Crippen molar-refractivity contribution < 1.29 is 9.53 Å². The first-order valence-electron chi connectivity index (χ1n) is 10.9. The summed E-state index contributed by atoms with van der Waals surface area (Å²) in [5.41, 5.74) is 2.51. The van der Waals surface area contributed by atoms with Gasteiger partial charge in [-0.25, -0.2) is 0 Å². The SMILES string of the molecule is CCCCCCC(=O)Oc1ccc(C23CCC(CCC)(CC2)CC3)cc1. The number of hydrogen-bond acceptors (Lipinski definition) is 2. The number of unbranched alkanes of at least 4 members (excludes halogenated alkanes) is 3. The van der Waals surface area contributed by atoms with Gasteiger partial charge in [-0.15, -0.1) is 0 Å². The fraction of sp³-hybridized carbons (Fsp3) is 0.708. The van der Waals surface area contributed by atoms with Crippen molar-refractivity contribution in [1.82, 2.24) is 0 Å². The molecule has 4 rings (SSSR count). The van der Waals surface area contributed by atoms with E-state index in [1.807, 2.05) is 12.1 Å². The van der Waals surface area contributed by atoms with Crippen molar-refractivity contribution in [1.29, 1.82) is 0 Å². The van der Waals surface area contributed by atoms with E-state index < -0.39 is 0 Å². The molecule has 1 aromatic carbocycles. The largest absolute Gasteiger partial charge is 0.427 e. The van der Waals surface area contributed by atoms with Crippen molar-refractivity contribution in [2.75, 3.05) is 0 Å². The minimum Gasteiger partial charge on any atom is -0.427 e. The first kappa shape index (κ1) is 19.5. The molecule has 0 unspecified atom stereocenters. The van der Waals surface area contributed by atoms with Crippen LogP contribution in [0, 0.1) is 5.41 Å². The summed E-state index contributed by atoms with van der Waals surface area (Å²) >= 11 is 0. The van der Waals surface area contributed by atoms with Crippen molar-refractivity contribution in [2.24, 2.45) is 5.41 Å². The number of rotatable bonds is 9. The third-order valence-electron chi connectivity index (χ3n) is 7.11. The molecule has 0 heterocycles. The summed E-state index contributed by atoms with van der Waals surface area (Å²) in [7, 11) is 0. The van der Waals surface area contributed by atoms with E-state index in [2.05, 4.69) is 26.0 Å². The molecule has 2 bridgehead atoms. The van der Waals surface area contributed by atoms with Gasteiger partial charge >= 0.3 is 5.97 Å². The Morgan fingerprint density at radius 3 is 2.12 bits per heavy atom. The molecule has 2 nitrogen and oxygen atoms in total. The van der Waals surface area contributed by atoms with Crippen LogP contribution in [0.4, 0.5) is 0 Å². The molecule has 3 aliphatic rings. The molecule has 0 atom stereocenters. The molecule has 0 aliphatic heterocycles. The fourth-order valence-corrected chi connectivity index (χ4v) is 5.36. The van der Waals surface area contributed by atoms with Gasteiger partial charge in [0.05, 0.1) is 0 Å². The molecule has 1 aromatic rings. The molecule has 3 saturated carbocycles. The van der Waals surface area contributed by atoms with Crippen molar-refractivity contribution in [2.45, 2.75) is 103 Å². The van der Waals surface area contributed by atoms with Crippen LogP contribution in [0.5, 0.6) is 5.75 Å². The first-order chi connectivity index (χ1) is 12.6. The van der Waals surface area contributed by atoms with Gasteiger partial charge in [0.1, 0.15) is 5.75 Å². The van der Waals surface area contributed by atoms with Crippen LogP contribution in [0.25, 0.3) is 0 Å². The average Bonchev–Trinajstić information content (AvgIpc) is 2.67. The van der Waals surface area contributed by atoms with Crippen LogP contribution in [0.1, 0.15) is 103 Å². The van der Waals surface area contributed by atoms with Crippen molar-refractivity contribution in [3.8, 4) is 5.75 Å². The summed E-state index contributed by atoms with van der Waals surface area (Å²) in [6.07, 6.45) is 15.9. The summed E-state index contributed by atoms with van der Waals surface area (Å²) in [5.74, 6) is 0.615. The van der Waals surface area contributed by atoms with Crippen LogP contribution in [0.2, 0.25) is 0 Å². The molecule has 0 N–H and O–H groups in total.